The number of nitrogens with one attached hydrogen (secondary N) is 1. The summed E-state index contributed by atoms with van der Waals surface area (Å²) in [5, 5.41) is 3.24. The Hall–Kier alpha value is -3.54. The Morgan fingerprint density at radius 3 is 1.57 bits per heavy atom. The van der Waals surface area contributed by atoms with Gasteiger partial charge in [-0.05, 0) is 93.0 Å². The molecule has 0 spiro atoms. The van der Waals surface area contributed by atoms with Gasteiger partial charge in [-0.15, -0.1) is 0 Å². The lowest BCUT2D eigenvalue weighted by molar-refractivity contribution is 0.0962. The Morgan fingerprint density at radius 2 is 1.12 bits per heavy atom. The lowest BCUT2D eigenvalue weighted by Crippen LogP contribution is -2.46. The number of hydrogen-bond donors (Lipinski definition) is 1. The zero-order chi connectivity index (χ0) is 30.3. The third-order valence-corrected chi connectivity index (χ3v) is 9.48. The topological polar surface area (TPSA) is 55.9 Å². The number of ketones is 2. The number of Topliss-reactive ketones (excluding diaryl/α,β-unsaturated/α-hetero) is 2. The van der Waals surface area contributed by atoms with Crippen LogP contribution in [0.15, 0.2) is 72.1 Å². The fourth-order valence-corrected chi connectivity index (χ4v) is 6.27. The first-order chi connectivity index (χ1) is 19.8. The summed E-state index contributed by atoms with van der Waals surface area (Å²) >= 11 is 0. The molecule has 3 aliphatic rings. The first-order valence-electron chi connectivity index (χ1n) is 15.5. The highest BCUT2D eigenvalue weighted by atomic mass is 16.1. The fraction of sp³-hybridized carbons (Fsp3) is 0.500. The smallest absolute Gasteiger partial charge is 0.191 e. The van der Waals surface area contributed by atoms with Crippen molar-refractivity contribution in [2.75, 3.05) is 49.1 Å². The predicted octanol–water partition coefficient (Wildman–Crippen LogP) is 6.70. The van der Waals surface area contributed by atoms with E-state index < -0.39 is 0 Å². The minimum Gasteiger partial charge on any atom is -0.391 e. The van der Waals surface area contributed by atoms with Gasteiger partial charge in [0.15, 0.2) is 11.6 Å². The quantitative estimate of drug-likeness (QED) is 0.392. The van der Waals surface area contributed by atoms with E-state index in [0.29, 0.717) is 0 Å². The molecule has 6 heteroatoms. The maximum Gasteiger partial charge on any atom is 0.191 e. The SMILES string of the molecule is CC1(C)CCNC=C1C(=O)c1ccc(N2CCN(c3ccc(C(=O)C4=CN(C(C)(C)C)CCC4(C)C)cc3)CC2)cc1. The largest absolute Gasteiger partial charge is 0.391 e. The summed E-state index contributed by atoms with van der Waals surface area (Å²) in [7, 11) is 0. The van der Waals surface area contributed by atoms with Crippen LogP contribution < -0.4 is 15.1 Å². The Balaban J connectivity index is 1.21. The zero-order valence-electron chi connectivity index (χ0n) is 26.6. The van der Waals surface area contributed by atoms with Crippen LogP contribution in [-0.4, -0.2) is 61.3 Å². The van der Waals surface area contributed by atoms with E-state index in [1.807, 2.05) is 30.5 Å². The van der Waals surface area contributed by atoms with Crippen molar-refractivity contribution < 1.29 is 9.59 Å². The van der Waals surface area contributed by atoms with Crippen LogP contribution in [0.25, 0.3) is 0 Å². The third-order valence-electron chi connectivity index (χ3n) is 9.48. The van der Waals surface area contributed by atoms with E-state index in [0.717, 1.165) is 85.8 Å². The molecule has 2 aromatic rings. The van der Waals surface area contributed by atoms with Gasteiger partial charge in [-0.1, -0.05) is 27.7 Å². The van der Waals surface area contributed by atoms with Crippen molar-refractivity contribution in [2.24, 2.45) is 10.8 Å². The number of allylic oxidation sites excluding steroid dienone is 2. The maximum atomic E-state index is 13.6. The summed E-state index contributed by atoms with van der Waals surface area (Å²) in [5.74, 6) is 0.243. The van der Waals surface area contributed by atoms with E-state index >= 15 is 0 Å². The van der Waals surface area contributed by atoms with Crippen molar-refractivity contribution in [1.29, 1.82) is 0 Å². The number of rotatable bonds is 6. The zero-order valence-corrected chi connectivity index (χ0v) is 26.6. The minimum absolute atomic E-state index is 0.00480. The van der Waals surface area contributed by atoms with Gasteiger partial charge < -0.3 is 20.0 Å². The van der Waals surface area contributed by atoms with E-state index in [2.05, 4.69) is 98.9 Å². The molecular formula is C36H48N4O2. The molecule has 0 aromatic heterocycles. The average molecular weight is 569 g/mol. The van der Waals surface area contributed by atoms with Crippen molar-refractivity contribution in [3.05, 3.63) is 83.2 Å². The summed E-state index contributed by atoms with van der Waals surface area (Å²) in [6, 6.07) is 16.3. The summed E-state index contributed by atoms with van der Waals surface area (Å²) < 4.78 is 0. The summed E-state index contributed by atoms with van der Waals surface area (Å²) in [6.07, 6.45) is 5.93. The van der Waals surface area contributed by atoms with Gasteiger partial charge in [0, 0.05) is 90.9 Å². The van der Waals surface area contributed by atoms with Crippen molar-refractivity contribution in [3.8, 4) is 0 Å². The van der Waals surface area contributed by atoms with Gasteiger partial charge in [-0.3, -0.25) is 9.59 Å². The lowest BCUT2D eigenvalue weighted by Gasteiger charge is -2.43. The molecule has 0 atom stereocenters. The number of benzene rings is 2. The highest BCUT2D eigenvalue weighted by Gasteiger charge is 2.36. The third kappa shape index (κ3) is 6.13. The van der Waals surface area contributed by atoms with Crippen molar-refractivity contribution >= 4 is 22.9 Å². The van der Waals surface area contributed by atoms with E-state index in [4.69, 9.17) is 0 Å². The predicted molar refractivity (Wildman–Crippen MR) is 173 cm³/mol. The molecule has 3 aliphatic heterocycles. The van der Waals surface area contributed by atoms with Gasteiger partial charge in [0.25, 0.3) is 0 Å². The number of carbonyl (C=O) groups is 2. The molecule has 0 unspecified atom stereocenters. The standard InChI is InChI=1S/C36H48N4O2/c1-34(2,3)40-19-17-36(6,7)31(25-40)33(42)27-10-14-29(15-11-27)39-22-20-38(21-23-39)28-12-8-26(9-13-28)32(41)30-24-37-18-16-35(30,4)5/h8-15,24-25,37H,16-23H2,1-7H3. The van der Waals surface area contributed by atoms with Crippen LogP contribution in [-0.2, 0) is 0 Å². The Morgan fingerprint density at radius 1 is 0.667 bits per heavy atom. The Bertz CT molecular complexity index is 1370. The molecular weight excluding hydrogens is 520 g/mol. The summed E-state index contributed by atoms with van der Waals surface area (Å²) in [6.45, 7) is 20.7. The van der Waals surface area contributed by atoms with E-state index in [-0.39, 0.29) is 27.9 Å². The first kappa shape index (κ1) is 29.9. The molecule has 6 nitrogen and oxygen atoms in total. The second-order valence-corrected chi connectivity index (χ2v) is 14.4. The molecule has 1 saturated heterocycles. The number of hydrogen-bond acceptors (Lipinski definition) is 6. The highest BCUT2D eigenvalue weighted by molar-refractivity contribution is 6.10. The maximum absolute atomic E-state index is 13.6. The molecule has 0 aliphatic carbocycles. The monoisotopic (exact) mass is 568 g/mol. The summed E-state index contributed by atoms with van der Waals surface area (Å²) in [4.78, 5) is 33.9. The van der Waals surface area contributed by atoms with E-state index in [1.165, 1.54) is 0 Å². The van der Waals surface area contributed by atoms with Gasteiger partial charge in [-0.2, -0.15) is 0 Å². The number of piperazine rings is 1. The summed E-state index contributed by atoms with van der Waals surface area (Å²) in [5.41, 5.74) is 5.29. The molecule has 0 radical (unpaired) electrons. The molecule has 1 N–H and O–H groups in total. The van der Waals surface area contributed by atoms with Crippen LogP contribution in [0.4, 0.5) is 11.4 Å². The first-order valence-corrected chi connectivity index (χ1v) is 15.5. The molecule has 224 valence electrons. The van der Waals surface area contributed by atoms with Gasteiger partial charge >= 0.3 is 0 Å². The number of anilines is 2. The molecule has 0 amide bonds. The Labute approximate surface area is 252 Å². The van der Waals surface area contributed by atoms with Crippen LogP contribution in [0.3, 0.4) is 0 Å². The van der Waals surface area contributed by atoms with Crippen molar-refractivity contribution in [3.63, 3.8) is 0 Å². The highest BCUT2D eigenvalue weighted by Crippen LogP contribution is 2.39. The number of nitrogens with zero attached hydrogens (tertiary/aromatic N) is 3. The molecule has 0 saturated carbocycles. The van der Waals surface area contributed by atoms with Gasteiger partial charge in [0.1, 0.15) is 0 Å². The minimum atomic E-state index is -0.139. The van der Waals surface area contributed by atoms with Crippen LogP contribution in [0.2, 0.25) is 0 Å². The van der Waals surface area contributed by atoms with Crippen LogP contribution >= 0.6 is 0 Å². The van der Waals surface area contributed by atoms with Gasteiger partial charge in [0.05, 0.1) is 0 Å². The molecule has 0 bridgehead atoms. The molecule has 42 heavy (non-hydrogen) atoms. The molecule has 2 aromatic carbocycles. The van der Waals surface area contributed by atoms with E-state index in [9.17, 15) is 9.59 Å². The second kappa shape index (κ2) is 11.3. The normalized spacial score (nSPS) is 20.4. The second-order valence-electron chi connectivity index (χ2n) is 14.4. The van der Waals surface area contributed by atoms with Crippen LogP contribution in [0, 0.1) is 10.8 Å². The molecule has 5 rings (SSSR count). The van der Waals surface area contributed by atoms with Crippen LogP contribution in [0.5, 0.6) is 0 Å². The lowest BCUT2D eigenvalue weighted by atomic mass is 9.75. The van der Waals surface area contributed by atoms with Crippen molar-refractivity contribution in [2.45, 2.75) is 66.8 Å². The Kier molecular flexibility index (Phi) is 8.04. The fourth-order valence-electron chi connectivity index (χ4n) is 6.27. The number of carbonyl (C=O) groups excluding carboxylic acids is 2. The van der Waals surface area contributed by atoms with Crippen LogP contribution in [0.1, 0.15) is 82.0 Å². The van der Waals surface area contributed by atoms with E-state index in [1.54, 1.807) is 0 Å². The van der Waals surface area contributed by atoms with Gasteiger partial charge in [0.2, 0.25) is 0 Å². The molecule has 1 fully saturated rings. The molecule has 3 heterocycles. The van der Waals surface area contributed by atoms with Crippen molar-refractivity contribution in [1.82, 2.24) is 10.2 Å². The average Bonchev–Trinajstić information content (AvgIpc) is 2.96. The van der Waals surface area contributed by atoms with Gasteiger partial charge in [-0.25, -0.2) is 0 Å².